The topological polar surface area (TPSA) is 154 Å². The molecule has 0 unspecified atom stereocenters. The average molecular weight is 469 g/mol. The number of hydrogen-bond donors (Lipinski definition) is 2. The third kappa shape index (κ3) is 5.25. The van der Waals surface area contributed by atoms with Crippen LogP contribution >= 0.6 is 0 Å². The maximum Gasteiger partial charge on any atom is 0.344 e. The van der Waals surface area contributed by atoms with Crippen LogP contribution < -0.4 is 21.9 Å². The summed E-state index contributed by atoms with van der Waals surface area (Å²) in [5.41, 5.74) is 5.81. The van der Waals surface area contributed by atoms with E-state index >= 15 is 0 Å². The lowest BCUT2D eigenvalue weighted by molar-refractivity contribution is -0.121. The highest BCUT2D eigenvalue weighted by molar-refractivity contribution is 5.99. The van der Waals surface area contributed by atoms with Crippen LogP contribution in [0.2, 0.25) is 0 Å². The van der Waals surface area contributed by atoms with E-state index in [0.29, 0.717) is 5.69 Å². The molecule has 0 bridgehead atoms. The van der Waals surface area contributed by atoms with E-state index in [1.54, 1.807) is 13.8 Å². The molecule has 0 spiro atoms. The Morgan fingerprint density at radius 2 is 1.88 bits per heavy atom. The normalized spacial score (nSPS) is 11.0. The van der Waals surface area contributed by atoms with Crippen LogP contribution in [0.4, 0.5) is 11.5 Å². The van der Waals surface area contributed by atoms with Crippen LogP contribution in [0.3, 0.4) is 0 Å². The van der Waals surface area contributed by atoms with E-state index in [2.05, 4.69) is 10.1 Å². The maximum absolute atomic E-state index is 13.1. The van der Waals surface area contributed by atoms with Gasteiger partial charge in [-0.3, -0.25) is 19.1 Å². The van der Waals surface area contributed by atoms with Gasteiger partial charge in [-0.15, -0.1) is 0 Å². The summed E-state index contributed by atoms with van der Waals surface area (Å²) >= 11 is 0. The van der Waals surface area contributed by atoms with Gasteiger partial charge in [0.15, 0.2) is 12.3 Å². The molecule has 0 aliphatic carbocycles. The molecule has 2 heterocycles. The minimum absolute atomic E-state index is 0.0597. The number of carbonyl (C=O) groups is 2. The molecule has 180 valence electrons. The molecule has 3 N–H and O–H groups in total. The lowest BCUT2D eigenvalue weighted by atomic mass is 10.2. The van der Waals surface area contributed by atoms with E-state index in [-0.39, 0.29) is 41.8 Å². The molecule has 11 nitrogen and oxygen atoms in total. The summed E-state index contributed by atoms with van der Waals surface area (Å²) in [6.07, 6.45) is 0. The third-order valence-corrected chi connectivity index (χ3v) is 5.08. The van der Waals surface area contributed by atoms with E-state index in [9.17, 15) is 19.2 Å². The fraction of sp³-hybridized carbons (Fsp3) is 0.348. The minimum Gasteiger partial charge on any atom is -0.452 e. The molecule has 0 aliphatic heterocycles. The summed E-state index contributed by atoms with van der Waals surface area (Å²) in [6, 6.07) is 9.07. The number of nitrogen functional groups attached to an aromatic ring is 1. The molecule has 3 aromatic rings. The predicted octanol–water partition coefficient (Wildman–Crippen LogP) is 1.62. The number of aryl methyl sites for hydroxylation is 2. The molecule has 0 fully saturated rings. The zero-order chi connectivity index (χ0) is 25.0. The fourth-order valence-corrected chi connectivity index (χ4v) is 3.50. The van der Waals surface area contributed by atoms with E-state index in [4.69, 9.17) is 15.0 Å². The Hall–Kier alpha value is -4.15. The monoisotopic (exact) mass is 469 g/mol. The van der Waals surface area contributed by atoms with Gasteiger partial charge in [-0.1, -0.05) is 49.3 Å². The zero-order valence-corrected chi connectivity index (χ0v) is 19.5. The number of hydrogen-bond acceptors (Lipinski definition) is 8. The van der Waals surface area contributed by atoms with Crippen molar-refractivity contribution in [3.63, 3.8) is 0 Å². The second kappa shape index (κ2) is 10.2. The number of ether oxygens (including phenoxy) is 1. The van der Waals surface area contributed by atoms with Crippen molar-refractivity contribution in [3.05, 3.63) is 73.8 Å². The summed E-state index contributed by atoms with van der Waals surface area (Å²) < 4.78 is 11.3. The Balaban J connectivity index is 1.93. The van der Waals surface area contributed by atoms with E-state index in [0.717, 1.165) is 10.5 Å². The molecule has 0 saturated heterocycles. The van der Waals surface area contributed by atoms with Crippen LogP contribution in [0.15, 0.2) is 44.4 Å². The number of aromatic nitrogens is 3. The van der Waals surface area contributed by atoms with Crippen molar-refractivity contribution in [2.75, 3.05) is 23.8 Å². The first-order chi connectivity index (χ1) is 16.1. The first kappa shape index (κ1) is 24.5. The van der Waals surface area contributed by atoms with Crippen LogP contribution in [0.1, 0.15) is 41.2 Å². The van der Waals surface area contributed by atoms with E-state index in [1.807, 2.05) is 44.2 Å². The van der Waals surface area contributed by atoms with Crippen molar-refractivity contribution in [1.29, 1.82) is 0 Å². The number of nitrogens with two attached hydrogens (primary N) is 1. The Bertz CT molecular complexity index is 1290. The minimum atomic E-state index is -0.808. The molecule has 0 aliphatic rings. The van der Waals surface area contributed by atoms with Gasteiger partial charge in [0, 0.05) is 6.54 Å². The number of nitrogens with one attached hydrogen (secondary N) is 1. The number of amides is 1. The van der Waals surface area contributed by atoms with Crippen molar-refractivity contribution >= 4 is 23.4 Å². The number of nitrogens with zero attached hydrogens (tertiary/aromatic N) is 3. The predicted molar refractivity (Wildman–Crippen MR) is 125 cm³/mol. The average Bonchev–Trinajstić information content (AvgIpc) is 3.12. The quantitative estimate of drug-likeness (QED) is 0.472. The number of carbonyl (C=O) groups excluding carboxylic acids is 2. The van der Waals surface area contributed by atoms with E-state index in [1.165, 1.54) is 4.57 Å². The van der Waals surface area contributed by atoms with Gasteiger partial charge in [0.2, 0.25) is 0 Å². The molecule has 3 rings (SSSR count). The summed E-state index contributed by atoms with van der Waals surface area (Å²) in [5, 5.41) is 3.70. The van der Waals surface area contributed by atoms with Gasteiger partial charge in [0.25, 0.3) is 11.5 Å². The van der Waals surface area contributed by atoms with Gasteiger partial charge in [-0.2, -0.15) is 0 Å². The van der Waals surface area contributed by atoms with Gasteiger partial charge in [-0.05, 0) is 25.3 Å². The Labute approximate surface area is 195 Å². The van der Waals surface area contributed by atoms with Crippen LogP contribution in [0, 0.1) is 19.8 Å². The Morgan fingerprint density at radius 3 is 2.47 bits per heavy atom. The Kier molecular flexibility index (Phi) is 7.34. The molecule has 0 atom stereocenters. The lowest BCUT2D eigenvalue weighted by Crippen LogP contribution is -2.44. The summed E-state index contributed by atoms with van der Waals surface area (Å²) in [5.74, 6) is -1.40. The third-order valence-electron chi connectivity index (χ3n) is 5.08. The number of aromatic amines is 1. The highest BCUT2D eigenvalue weighted by Crippen LogP contribution is 2.20. The smallest absolute Gasteiger partial charge is 0.344 e. The van der Waals surface area contributed by atoms with Gasteiger partial charge in [0.1, 0.15) is 17.1 Å². The van der Waals surface area contributed by atoms with Crippen LogP contribution in [0.5, 0.6) is 0 Å². The van der Waals surface area contributed by atoms with Crippen LogP contribution in [0.25, 0.3) is 0 Å². The second-order valence-electron chi connectivity index (χ2n) is 8.24. The zero-order valence-electron chi connectivity index (χ0n) is 19.5. The van der Waals surface area contributed by atoms with Crippen molar-refractivity contribution in [2.45, 2.75) is 34.2 Å². The number of H-pyrrole nitrogens is 1. The number of rotatable bonds is 8. The largest absolute Gasteiger partial charge is 0.452 e. The van der Waals surface area contributed by atoms with Crippen LogP contribution in [-0.4, -0.2) is 39.7 Å². The molecule has 11 heteroatoms. The molecule has 0 radical (unpaired) electrons. The molecule has 1 aromatic carbocycles. The molecular weight excluding hydrogens is 442 g/mol. The SMILES string of the molecule is Cc1noc(C)c1C(=O)OCC(=O)N(CC(C)C)c1c(N)n(Cc2ccccc2)c(=O)[nH]c1=O. The summed E-state index contributed by atoms with van der Waals surface area (Å²) in [6.45, 7) is 6.39. The highest BCUT2D eigenvalue weighted by atomic mass is 16.5. The number of anilines is 2. The maximum atomic E-state index is 13.1. The Morgan fingerprint density at radius 1 is 1.21 bits per heavy atom. The van der Waals surface area contributed by atoms with Crippen molar-refractivity contribution < 1.29 is 18.8 Å². The highest BCUT2D eigenvalue weighted by Gasteiger charge is 2.27. The van der Waals surface area contributed by atoms with Crippen LogP contribution in [-0.2, 0) is 16.1 Å². The van der Waals surface area contributed by atoms with Crippen molar-refractivity contribution in [2.24, 2.45) is 5.92 Å². The van der Waals surface area contributed by atoms with Gasteiger partial charge < -0.3 is 19.9 Å². The molecule has 2 aromatic heterocycles. The number of benzene rings is 1. The van der Waals surface area contributed by atoms with E-state index < -0.39 is 29.7 Å². The number of esters is 1. The van der Waals surface area contributed by atoms with Gasteiger partial charge in [-0.25, -0.2) is 9.59 Å². The standard InChI is InChI=1S/C23H27N5O6/c1-13(2)10-27(17(29)12-33-22(31)18-14(3)26-34-15(18)4)19-20(24)28(23(32)25-21(19)30)11-16-8-6-5-7-9-16/h5-9,13H,10-12,24H2,1-4H3,(H,25,30,32). The summed E-state index contributed by atoms with van der Waals surface area (Å²) in [4.78, 5) is 54.1. The molecule has 1 amide bonds. The summed E-state index contributed by atoms with van der Waals surface area (Å²) in [7, 11) is 0. The molecule has 34 heavy (non-hydrogen) atoms. The van der Waals surface area contributed by atoms with Gasteiger partial charge in [0.05, 0.1) is 12.2 Å². The van der Waals surface area contributed by atoms with Gasteiger partial charge >= 0.3 is 11.7 Å². The first-order valence-electron chi connectivity index (χ1n) is 10.7. The molecular formula is C23H27N5O6. The lowest BCUT2D eigenvalue weighted by Gasteiger charge is -2.26. The van der Waals surface area contributed by atoms with Crippen molar-refractivity contribution in [3.8, 4) is 0 Å². The second-order valence-corrected chi connectivity index (χ2v) is 8.24. The van der Waals surface area contributed by atoms with Crippen molar-refractivity contribution in [1.82, 2.24) is 14.7 Å². The fourth-order valence-electron chi connectivity index (χ4n) is 3.50. The molecule has 0 saturated carbocycles. The first-order valence-corrected chi connectivity index (χ1v) is 10.7.